The molecule has 2 rings (SSSR count). The smallest absolute Gasteiger partial charge is 0.326 e. The molecule has 0 saturated heterocycles. The first-order valence-electron chi connectivity index (χ1n) is 8.14. The van der Waals surface area contributed by atoms with Crippen molar-refractivity contribution in [3.05, 3.63) is 52.3 Å². The van der Waals surface area contributed by atoms with Gasteiger partial charge in [-0.25, -0.2) is 14.8 Å². The van der Waals surface area contributed by atoms with Crippen LogP contribution >= 0.6 is 35.1 Å². The number of rotatable bonds is 9. The Balaban J connectivity index is 2.07. The van der Waals surface area contributed by atoms with E-state index in [-0.39, 0.29) is 10.7 Å². The van der Waals surface area contributed by atoms with E-state index in [1.54, 1.807) is 0 Å². The van der Waals surface area contributed by atoms with E-state index in [2.05, 4.69) is 15.3 Å². The van der Waals surface area contributed by atoms with Crippen molar-refractivity contribution in [3.8, 4) is 0 Å². The molecule has 0 unspecified atom stereocenters. The Morgan fingerprint density at radius 2 is 2.00 bits per heavy atom. The number of aryl methyl sites for hydroxylation is 1. The second-order valence-electron chi connectivity index (χ2n) is 5.77. The van der Waals surface area contributed by atoms with Crippen LogP contribution in [0.3, 0.4) is 0 Å². The fourth-order valence-electron chi connectivity index (χ4n) is 2.13. The lowest BCUT2D eigenvalue weighted by molar-refractivity contribution is -0.139. The lowest BCUT2D eigenvalue weighted by atomic mass is 10.2. The Morgan fingerprint density at radius 3 is 2.63 bits per heavy atom. The molecule has 1 atom stereocenters. The maximum atomic E-state index is 12.4. The van der Waals surface area contributed by atoms with Gasteiger partial charge in [-0.05, 0) is 30.9 Å². The molecular formula is C18H20ClN3O3S2. The second kappa shape index (κ2) is 10.5. The molecule has 0 bridgehead atoms. The molecule has 27 heavy (non-hydrogen) atoms. The van der Waals surface area contributed by atoms with Crippen LogP contribution in [0.1, 0.15) is 28.0 Å². The third-order valence-electron chi connectivity index (χ3n) is 3.64. The first-order valence-corrected chi connectivity index (χ1v) is 10.9. The number of aromatic nitrogens is 2. The van der Waals surface area contributed by atoms with Gasteiger partial charge in [-0.2, -0.15) is 11.8 Å². The molecule has 0 aliphatic heterocycles. The Bertz CT molecular complexity index is 803. The van der Waals surface area contributed by atoms with E-state index in [1.165, 1.54) is 35.3 Å². The van der Waals surface area contributed by atoms with Crippen molar-refractivity contribution < 1.29 is 14.7 Å². The van der Waals surface area contributed by atoms with Crippen LogP contribution in [0.25, 0.3) is 0 Å². The molecule has 9 heteroatoms. The van der Waals surface area contributed by atoms with E-state index < -0.39 is 17.9 Å². The zero-order valence-electron chi connectivity index (χ0n) is 14.9. The predicted molar refractivity (Wildman–Crippen MR) is 110 cm³/mol. The minimum absolute atomic E-state index is 0.0199. The summed E-state index contributed by atoms with van der Waals surface area (Å²) in [6, 6.07) is 7.11. The minimum atomic E-state index is -1.09. The first-order chi connectivity index (χ1) is 12.9. The van der Waals surface area contributed by atoms with Gasteiger partial charge in [0.25, 0.3) is 5.91 Å². The Labute approximate surface area is 171 Å². The van der Waals surface area contributed by atoms with Crippen molar-refractivity contribution in [2.24, 2.45) is 0 Å². The number of nitrogens with zero attached hydrogens (tertiary/aromatic N) is 2. The number of thioether (sulfide) groups is 2. The maximum absolute atomic E-state index is 12.4. The molecule has 0 radical (unpaired) electrons. The van der Waals surface area contributed by atoms with E-state index in [0.717, 1.165) is 5.56 Å². The number of halogens is 1. The molecule has 0 spiro atoms. The number of hydrogen-bond acceptors (Lipinski definition) is 6. The van der Waals surface area contributed by atoms with Crippen molar-refractivity contribution in [1.82, 2.24) is 15.3 Å². The molecule has 2 aromatic rings. The monoisotopic (exact) mass is 425 g/mol. The van der Waals surface area contributed by atoms with E-state index in [1.807, 2.05) is 37.4 Å². The van der Waals surface area contributed by atoms with E-state index >= 15 is 0 Å². The number of aliphatic carboxylic acids is 1. The fourth-order valence-corrected chi connectivity index (χ4v) is 3.55. The molecule has 144 valence electrons. The Hall–Kier alpha value is -1.77. The van der Waals surface area contributed by atoms with Crippen LogP contribution in [0.5, 0.6) is 0 Å². The highest BCUT2D eigenvalue weighted by Crippen LogP contribution is 2.22. The zero-order valence-corrected chi connectivity index (χ0v) is 17.3. The molecule has 0 fully saturated rings. The highest BCUT2D eigenvalue weighted by Gasteiger charge is 2.23. The minimum Gasteiger partial charge on any atom is -0.480 e. The Morgan fingerprint density at radius 1 is 1.30 bits per heavy atom. The number of amides is 1. The van der Waals surface area contributed by atoms with Crippen LogP contribution < -0.4 is 5.32 Å². The molecule has 0 saturated carbocycles. The summed E-state index contributed by atoms with van der Waals surface area (Å²) < 4.78 is 0. The van der Waals surface area contributed by atoms with Crippen molar-refractivity contribution in [1.29, 1.82) is 0 Å². The largest absolute Gasteiger partial charge is 0.480 e. The first kappa shape index (κ1) is 21.5. The van der Waals surface area contributed by atoms with E-state index in [9.17, 15) is 14.7 Å². The SMILES string of the molecule is CSCC[C@@H](NC(=O)c1nc(SCc2ccc(C)cc2)ncc1Cl)C(=O)O. The van der Waals surface area contributed by atoms with Crippen LogP contribution in [0.15, 0.2) is 35.6 Å². The quantitative estimate of drug-likeness (QED) is 0.467. The van der Waals surface area contributed by atoms with Gasteiger partial charge in [-0.15, -0.1) is 0 Å². The number of carbonyl (C=O) groups excluding carboxylic acids is 1. The second-order valence-corrected chi connectivity index (χ2v) is 8.10. The van der Waals surface area contributed by atoms with Crippen LogP contribution in [0.4, 0.5) is 0 Å². The third kappa shape index (κ3) is 6.71. The van der Waals surface area contributed by atoms with Gasteiger partial charge >= 0.3 is 5.97 Å². The average molecular weight is 426 g/mol. The summed E-state index contributed by atoms with van der Waals surface area (Å²) in [5, 5.41) is 12.2. The normalized spacial score (nSPS) is 11.8. The molecule has 6 nitrogen and oxygen atoms in total. The van der Waals surface area contributed by atoms with Crippen molar-refractivity contribution in [3.63, 3.8) is 0 Å². The van der Waals surface area contributed by atoms with Gasteiger partial charge in [0.2, 0.25) is 0 Å². The summed E-state index contributed by atoms with van der Waals surface area (Å²) in [5.41, 5.74) is 2.27. The third-order valence-corrected chi connectivity index (χ3v) is 5.49. The standard InChI is InChI=1S/C18H20ClN3O3S2/c1-11-3-5-12(6-4-11)10-27-18-20-9-13(19)15(22-18)16(23)21-14(17(24)25)7-8-26-2/h3-6,9,14H,7-8,10H2,1-2H3,(H,21,23)(H,24,25)/t14-/m1/s1. The molecule has 0 aliphatic carbocycles. The molecule has 1 aromatic heterocycles. The highest BCUT2D eigenvalue weighted by atomic mass is 35.5. The van der Waals surface area contributed by atoms with Gasteiger partial charge in [0.1, 0.15) is 6.04 Å². The Kier molecular flexibility index (Phi) is 8.40. The maximum Gasteiger partial charge on any atom is 0.326 e. The lowest BCUT2D eigenvalue weighted by Gasteiger charge is -2.14. The fraction of sp³-hybridized carbons (Fsp3) is 0.333. The zero-order chi connectivity index (χ0) is 19.8. The molecule has 0 aliphatic rings. The van der Waals surface area contributed by atoms with Gasteiger partial charge in [0, 0.05) is 5.75 Å². The summed E-state index contributed by atoms with van der Waals surface area (Å²) in [4.78, 5) is 32.1. The molecule has 1 aromatic carbocycles. The van der Waals surface area contributed by atoms with Gasteiger partial charge in [-0.1, -0.05) is 53.2 Å². The number of carbonyl (C=O) groups is 2. The van der Waals surface area contributed by atoms with Gasteiger partial charge in [-0.3, -0.25) is 4.79 Å². The van der Waals surface area contributed by atoms with E-state index in [0.29, 0.717) is 23.1 Å². The number of benzene rings is 1. The molecule has 1 heterocycles. The van der Waals surface area contributed by atoms with Gasteiger partial charge in [0.05, 0.1) is 11.2 Å². The number of hydrogen-bond donors (Lipinski definition) is 2. The van der Waals surface area contributed by atoms with Crippen molar-refractivity contribution >= 4 is 47.0 Å². The number of carboxylic acids is 1. The number of nitrogens with one attached hydrogen (secondary N) is 1. The van der Waals surface area contributed by atoms with Crippen LogP contribution in [-0.2, 0) is 10.5 Å². The summed E-state index contributed by atoms with van der Waals surface area (Å²) in [7, 11) is 0. The van der Waals surface area contributed by atoms with Crippen LogP contribution in [0.2, 0.25) is 5.02 Å². The molecule has 2 N–H and O–H groups in total. The van der Waals surface area contributed by atoms with E-state index in [4.69, 9.17) is 11.6 Å². The topological polar surface area (TPSA) is 92.2 Å². The summed E-state index contributed by atoms with van der Waals surface area (Å²) in [5.74, 6) is -0.439. The van der Waals surface area contributed by atoms with Gasteiger partial charge < -0.3 is 10.4 Å². The summed E-state index contributed by atoms with van der Waals surface area (Å²) in [6.45, 7) is 2.02. The van der Waals surface area contributed by atoms with Crippen LogP contribution in [0, 0.1) is 6.92 Å². The highest BCUT2D eigenvalue weighted by molar-refractivity contribution is 7.98. The number of carboxylic acid groups (broad SMARTS) is 1. The molecule has 1 amide bonds. The van der Waals surface area contributed by atoms with Crippen LogP contribution in [-0.4, -0.2) is 45.0 Å². The predicted octanol–water partition coefficient (Wildman–Crippen LogP) is 3.67. The lowest BCUT2D eigenvalue weighted by Crippen LogP contribution is -2.41. The average Bonchev–Trinajstić information content (AvgIpc) is 2.65. The van der Waals surface area contributed by atoms with Gasteiger partial charge in [0.15, 0.2) is 10.9 Å². The summed E-state index contributed by atoms with van der Waals surface area (Å²) >= 11 is 8.94. The molecular weight excluding hydrogens is 406 g/mol. The summed E-state index contributed by atoms with van der Waals surface area (Å²) in [6.07, 6.45) is 3.55. The van der Waals surface area contributed by atoms with Crippen molar-refractivity contribution in [2.45, 2.75) is 30.3 Å². The van der Waals surface area contributed by atoms with Crippen molar-refractivity contribution in [2.75, 3.05) is 12.0 Å².